The lowest BCUT2D eigenvalue weighted by Gasteiger charge is -2.33. The smallest absolute Gasteiger partial charge is 0.137 e. The third-order valence-electron chi connectivity index (χ3n) is 2.89. The van der Waals surface area contributed by atoms with Gasteiger partial charge in [-0.25, -0.2) is 4.39 Å². The van der Waals surface area contributed by atoms with Gasteiger partial charge in [-0.2, -0.15) is 0 Å². The van der Waals surface area contributed by atoms with Crippen molar-refractivity contribution in [2.24, 2.45) is 5.73 Å². The zero-order valence-electron chi connectivity index (χ0n) is 9.01. The van der Waals surface area contributed by atoms with Crippen LogP contribution >= 0.6 is 15.9 Å². The van der Waals surface area contributed by atoms with E-state index in [1.54, 1.807) is 12.1 Å². The molecule has 1 aromatic carbocycles. The number of ether oxygens (including phenoxy) is 1. The van der Waals surface area contributed by atoms with Crippen molar-refractivity contribution in [2.75, 3.05) is 13.2 Å². The fourth-order valence-corrected chi connectivity index (χ4v) is 2.50. The Morgan fingerprint density at radius 3 is 2.94 bits per heavy atom. The van der Waals surface area contributed by atoms with Gasteiger partial charge in [-0.15, -0.1) is 0 Å². The standard InChI is InChI=1S/C12H15BrFNO/c13-10-6-9(2-3-11(10)14)7-12(15)4-1-5-16-8-12/h2-3,6H,1,4-5,7-8,15H2. The summed E-state index contributed by atoms with van der Waals surface area (Å²) in [5.74, 6) is -0.241. The summed E-state index contributed by atoms with van der Waals surface area (Å²) in [6.07, 6.45) is 2.69. The number of halogens is 2. The molecule has 1 saturated heterocycles. The minimum absolute atomic E-state index is 0.241. The van der Waals surface area contributed by atoms with Crippen LogP contribution in [0.3, 0.4) is 0 Å². The summed E-state index contributed by atoms with van der Waals surface area (Å²) < 4.78 is 19.0. The number of rotatable bonds is 2. The van der Waals surface area contributed by atoms with Gasteiger partial charge in [-0.1, -0.05) is 6.07 Å². The van der Waals surface area contributed by atoms with E-state index < -0.39 is 0 Å². The fraction of sp³-hybridized carbons (Fsp3) is 0.500. The molecule has 0 saturated carbocycles. The Morgan fingerprint density at radius 1 is 1.50 bits per heavy atom. The highest BCUT2D eigenvalue weighted by molar-refractivity contribution is 9.10. The highest BCUT2D eigenvalue weighted by Gasteiger charge is 2.28. The van der Waals surface area contributed by atoms with Crippen LogP contribution < -0.4 is 5.73 Å². The molecule has 0 spiro atoms. The van der Waals surface area contributed by atoms with Crippen molar-refractivity contribution in [3.8, 4) is 0 Å². The van der Waals surface area contributed by atoms with E-state index in [9.17, 15) is 4.39 Å². The maximum atomic E-state index is 13.1. The highest BCUT2D eigenvalue weighted by atomic mass is 79.9. The molecule has 1 aliphatic rings. The molecule has 0 radical (unpaired) electrons. The van der Waals surface area contributed by atoms with Crippen LogP contribution in [0.15, 0.2) is 22.7 Å². The van der Waals surface area contributed by atoms with Crippen LogP contribution in [0.1, 0.15) is 18.4 Å². The van der Waals surface area contributed by atoms with Crippen molar-refractivity contribution in [1.29, 1.82) is 0 Å². The molecule has 1 aromatic rings. The average molecular weight is 288 g/mol. The summed E-state index contributed by atoms with van der Waals surface area (Å²) in [7, 11) is 0. The number of nitrogens with two attached hydrogens (primary N) is 1. The van der Waals surface area contributed by atoms with E-state index >= 15 is 0 Å². The quantitative estimate of drug-likeness (QED) is 0.908. The summed E-state index contributed by atoms with van der Waals surface area (Å²) >= 11 is 3.18. The lowest BCUT2D eigenvalue weighted by Crippen LogP contribution is -2.49. The largest absolute Gasteiger partial charge is 0.380 e. The maximum absolute atomic E-state index is 13.1. The van der Waals surface area contributed by atoms with Crippen LogP contribution in [0.4, 0.5) is 4.39 Å². The monoisotopic (exact) mass is 287 g/mol. The second kappa shape index (κ2) is 4.82. The summed E-state index contributed by atoms with van der Waals surface area (Å²) in [5, 5.41) is 0. The SMILES string of the molecule is NC1(Cc2ccc(F)c(Br)c2)CCCOC1. The van der Waals surface area contributed by atoms with Gasteiger partial charge in [0.1, 0.15) is 5.82 Å². The lowest BCUT2D eigenvalue weighted by atomic mass is 9.87. The predicted molar refractivity (Wildman–Crippen MR) is 64.8 cm³/mol. The highest BCUT2D eigenvalue weighted by Crippen LogP contribution is 2.24. The van der Waals surface area contributed by atoms with Crippen molar-refractivity contribution in [3.05, 3.63) is 34.1 Å². The summed E-state index contributed by atoms with van der Waals surface area (Å²) in [4.78, 5) is 0. The molecule has 0 amide bonds. The van der Waals surface area contributed by atoms with Gasteiger partial charge >= 0.3 is 0 Å². The van der Waals surface area contributed by atoms with E-state index in [1.165, 1.54) is 6.07 Å². The second-order valence-electron chi connectivity index (χ2n) is 4.44. The van der Waals surface area contributed by atoms with E-state index in [-0.39, 0.29) is 11.4 Å². The molecular weight excluding hydrogens is 273 g/mol. The maximum Gasteiger partial charge on any atom is 0.137 e. The van der Waals surface area contributed by atoms with Gasteiger partial charge in [0.05, 0.1) is 11.1 Å². The summed E-state index contributed by atoms with van der Waals surface area (Å²) in [5.41, 5.74) is 6.99. The Bertz CT molecular complexity index is 377. The first-order chi connectivity index (χ1) is 7.59. The molecule has 2 N–H and O–H groups in total. The minimum Gasteiger partial charge on any atom is -0.380 e. The van der Waals surface area contributed by atoms with Crippen molar-refractivity contribution < 1.29 is 9.13 Å². The van der Waals surface area contributed by atoms with Gasteiger partial charge < -0.3 is 10.5 Å². The molecule has 1 atom stereocenters. The Morgan fingerprint density at radius 2 is 2.31 bits per heavy atom. The van der Waals surface area contributed by atoms with Gasteiger partial charge in [0.2, 0.25) is 0 Å². The van der Waals surface area contributed by atoms with Crippen LogP contribution in [-0.4, -0.2) is 18.8 Å². The Hall–Kier alpha value is -0.450. The molecule has 1 aliphatic heterocycles. The molecule has 0 aromatic heterocycles. The van der Waals surface area contributed by atoms with Gasteiger partial charge in [-0.3, -0.25) is 0 Å². The normalized spacial score (nSPS) is 25.7. The van der Waals surface area contributed by atoms with E-state index in [1.807, 2.05) is 0 Å². The van der Waals surface area contributed by atoms with Gasteiger partial charge in [0.25, 0.3) is 0 Å². The Labute approximate surface area is 103 Å². The molecule has 0 aliphatic carbocycles. The van der Waals surface area contributed by atoms with Crippen LogP contribution in [-0.2, 0) is 11.2 Å². The van der Waals surface area contributed by atoms with E-state index in [2.05, 4.69) is 15.9 Å². The van der Waals surface area contributed by atoms with Crippen LogP contribution in [0.25, 0.3) is 0 Å². The average Bonchev–Trinajstić information content (AvgIpc) is 2.24. The first-order valence-electron chi connectivity index (χ1n) is 5.40. The number of hydrogen-bond acceptors (Lipinski definition) is 2. The van der Waals surface area contributed by atoms with Crippen LogP contribution in [0.2, 0.25) is 0 Å². The zero-order valence-corrected chi connectivity index (χ0v) is 10.6. The predicted octanol–water partition coefficient (Wildman–Crippen LogP) is 2.64. The van der Waals surface area contributed by atoms with E-state index in [0.29, 0.717) is 11.1 Å². The first kappa shape index (κ1) is 12.0. The molecular formula is C12H15BrFNO. The number of benzene rings is 1. The zero-order chi connectivity index (χ0) is 11.6. The fourth-order valence-electron chi connectivity index (χ4n) is 2.07. The third-order valence-corrected chi connectivity index (χ3v) is 3.50. The molecule has 1 fully saturated rings. The van der Waals surface area contributed by atoms with Crippen LogP contribution in [0, 0.1) is 5.82 Å². The molecule has 1 heterocycles. The van der Waals surface area contributed by atoms with E-state index in [0.717, 1.165) is 31.4 Å². The van der Waals surface area contributed by atoms with Crippen molar-refractivity contribution in [3.63, 3.8) is 0 Å². The molecule has 0 bridgehead atoms. The van der Waals surface area contributed by atoms with E-state index in [4.69, 9.17) is 10.5 Å². The minimum atomic E-state index is -0.296. The third kappa shape index (κ3) is 2.81. The van der Waals surface area contributed by atoms with Gasteiger partial charge in [0.15, 0.2) is 0 Å². The second-order valence-corrected chi connectivity index (χ2v) is 5.30. The molecule has 2 rings (SSSR count). The lowest BCUT2D eigenvalue weighted by molar-refractivity contribution is 0.0382. The van der Waals surface area contributed by atoms with Gasteiger partial charge in [-0.05, 0) is 52.9 Å². The first-order valence-corrected chi connectivity index (χ1v) is 6.19. The summed E-state index contributed by atoms with van der Waals surface area (Å²) in [6.45, 7) is 1.38. The Balaban J connectivity index is 2.10. The van der Waals surface area contributed by atoms with Gasteiger partial charge in [0, 0.05) is 12.1 Å². The topological polar surface area (TPSA) is 35.2 Å². The van der Waals surface area contributed by atoms with Crippen molar-refractivity contribution in [2.45, 2.75) is 24.8 Å². The van der Waals surface area contributed by atoms with Crippen molar-refractivity contribution in [1.82, 2.24) is 0 Å². The molecule has 16 heavy (non-hydrogen) atoms. The Kier molecular flexibility index (Phi) is 3.62. The molecule has 88 valence electrons. The molecule has 1 unspecified atom stereocenters. The van der Waals surface area contributed by atoms with Crippen molar-refractivity contribution >= 4 is 15.9 Å². The molecule has 2 nitrogen and oxygen atoms in total. The number of hydrogen-bond donors (Lipinski definition) is 1. The van der Waals surface area contributed by atoms with Crippen LogP contribution in [0.5, 0.6) is 0 Å². The summed E-state index contributed by atoms with van der Waals surface area (Å²) in [6, 6.07) is 5.04. The molecule has 4 heteroatoms.